The summed E-state index contributed by atoms with van der Waals surface area (Å²) in [5.41, 5.74) is 1.97. The number of fused-ring (bicyclic) bond motifs is 1. The van der Waals surface area contributed by atoms with Gasteiger partial charge in [-0.25, -0.2) is 0 Å². The number of aromatic nitrogens is 2. The second-order valence-corrected chi connectivity index (χ2v) is 6.15. The molecule has 18 heavy (non-hydrogen) atoms. The number of rotatable bonds is 5. The van der Waals surface area contributed by atoms with Crippen LogP contribution in [-0.4, -0.2) is 32.4 Å². The molecule has 0 aliphatic carbocycles. The van der Waals surface area contributed by atoms with Gasteiger partial charge in [-0.2, -0.15) is 0 Å². The number of nitrogens with zero attached hydrogens (tertiary/aromatic N) is 1. The molecule has 0 fully saturated rings. The third-order valence-electron chi connectivity index (χ3n) is 2.85. The Hall–Kier alpha value is -1.14. The van der Waals surface area contributed by atoms with E-state index in [9.17, 15) is 4.21 Å². The lowest BCUT2D eigenvalue weighted by molar-refractivity contribution is 0.415. The Bertz CT molecular complexity index is 631. The van der Waals surface area contributed by atoms with E-state index in [2.05, 4.69) is 4.98 Å². The summed E-state index contributed by atoms with van der Waals surface area (Å²) in [7, 11) is 0.862. The quantitative estimate of drug-likeness (QED) is 0.858. The van der Waals surface area contributed by atoms with Gasteiger partial charge in [0.25, 0.3) is 0 Å². The largest absolute Gasteiger partial charge is 0.497 e. The Kier molecular flexibility index (Phi) is 4.19. The van der Waals surface area contributed by atoms with E-state index in [1.807, 2.05) is 29.7 Å². The monoisotopic (exact) mass is 284 g/mol. The van der Waals surface area contributed by atoms with Crippen LogP contribution in [0.3, 0.4) is 0 Å². The molecular formula is C12H16N2O2S2. The average Bonchev–Trinajstić information content (AvgIpc) is 2.70. The van der Waals surface area contributed by atoms with Crippen molar-refractivity contribution in [2.45, 2.75) is 13.5 Å². The van der Waals surface area contributed by atoms with E-state index in [0.717, 1.165) is 16.8 Å². The van der Waals surface area contributed by atoms with Crippen molar-refractivity contribution in [1.29, 1.82) is 0 Å². The van der Waals surface area contributed by atoms with Crippen molar-refractivity contribution in [2.75, 3.05) is 18.6 Å². The maximum absolute atomic E-state index is 11.5. The molecule has 1 N–H and O–H groups in total. The topological polar surface area (TPSA) is 47.0 Å². The van der Waals surface area contributed by atoms with E-state index in [1.165, 1.54) is 0 Å². The number of aromatic amines is 1. The summed E-state index contributed by atoms with van der Waals surface area (Å²) in [6, 6.07) is 5.78. The Morgan fingerprint density at radius 1 is 1.50 bits per heavy atom. The highest BCUT2D eigenvalue weighted by Gasteiger charge is 2.06. The van der Waals surface area contributed by atoms with Crippen LogP contribution in [0.1, 0.15) is 6.92 Å². The van der Waals surface area contributed by atoms with Crippen LogP contribution < -0.4 is 4.74 Å². The van der Waals surface area contributed by atoms with Gasteiger partial charge in [-0.15, -0.1) is 0 Å². The van der Waals surface area contributed by atoms with Gasteiger partial charge in [0.2, 0.25) is 0 Å². The second-order valence-electron chi connectivity index (χ2n) is 3.90. The minimum Gasteiger partial charge on any atom is -0.497 e. The lowest BCUT2D eigenvalue weighted by atomic mass is 10.3. The minimum absolute atomic E-state index is 0.629. The van der Waals surface area contributed by atoms with Crippen LogP contribution in [0, 0.1) is 4.77 Å². The third kappa shape index (κ3) is 2.64. The molecule has 1 atom stereocenters. The van der Waals surface area contributed by atoms with Crippen molar-refractivity contribution in [1.82, 2.24) is 9.55 Å². The fourth-order valence-corrected chi connectivity index (χ4v) is 2.80. The fourth-order valence-electron chi connectivity index (χ4n) is 1.83. The zero-order chi connectivity index (χ0) is 13.1. The third-order valence-corrected chi connectivity index (χ3v) is 4.45. The van der Waals surface area contributed by atoms with Crippen molar-refractivity contribution < 1.29 is 8.95 Å². The molecule has 1 heterocycles. The lowest BCUT2D eigenvalue weighted by Gasteiger charge is -2.04. The van der Waals surface area contributed by atoms with Crippen LogP contribution in [0.4, 0.5) is 0 Å². The number of ether oxygens (including phenoxy) is 1. The minimum atomic E-state index is -0.774. The van der Waals surface area contributed by atoms with Crippen LogP contribution in [0.25, 0.3) is 11.0 Å². The van der Waals surface area contributed by atoms with E-state index in [4.69, 9.17) is 17.0 Å². The molecule has 0 aliphatic rings. The Morgan fingerprint density at radius 2 is 2.28 bits per heavy atom. The second kappa shape index (κ2) is 5.67. The number of benzene rings is 1. The molecule has 1 aromatic heterocycles. The Balaban J connectivity index is 2.35. The lowest BCUT2D eigenvalue weighted by Crippen LogP contribution is -2.08. The first-order chi connectivity index (χ1) is 8.65. The smallest absolute Gasteiger partial charge is 0.178 e. The van der Waals surface area contributed by atoms with Crippen molar-refractivity contribution in [3.05, 3.63) is 23.0 Å². The number of aryl methyl sites for hydroxylation is 1. The van der Waals surface area contributed by atoms with Gasteiger partial charge in [0.05, 0.1) is 18.1 Å². The van der Waals surface area contributed by atoms with Crippen LogP contribution >= 0.6 is 12.2 Å². The Morgan fingerprint density at radius 3 is 2.94 bits per heavy atom. The number of H-pyrrole nitrogens is 1. The summed E-state index contributed by atoms with van der Waals surface area (Å²) in [4.78, 5) is 3.14. The Labute approximate surface area is 113 Å². The molecule has 0 aliphatic heterocycles. The van der Waals surface area contributed by atoms with E-state index < -0.39 is 10.8 Å². The molecule has 4 nitrogen and oxygen atoms in total. The molecule has 0 bridgehead atoms. The van der Waals surface area contributed by atoms with Gasteiger partial charge >= 0.3 is 0 Å². The average molecular weight is 284 g/mol. The molecule has 1 unspecified atom stereocenters. The molecular weight excluding hydrogens is 268 g/mol. The van der Waals surface area contributed by atoms with E-state index in [1.54, 1.807) is 7.11 Å². The van der Waals surface area contributed by atoms with Crippen LogP contribution in [-0.2, 0) is 17.3 Å². The normalized spacial score (nSPS) is 12.8. The van der Waals surface area contributed by atoms with Gasteiger partial charge in [0.15, 0.2) is 4.77 Å². The van der Waals surface area contributed by atoms with Gasteiger partial charge in [-0.1, -0.05) is 6.92 Å². The van der Waals surface area contributed by atoms with Crippen LogP contribution in [0.2, 0.25) is 0 Å². The first kappa shape index (κ1) is 13.3. The zero-order valence-electron chi connectivity index (χ0n) is 10.4. The SMILES string of the molecule is CCS(=O)CCn1c(=S)[nH]c2cc(OC)ccc21. The summed E-state index contributed by atoms with van der Waals surface area (Å²) >= 11 is 5.29. The molecule has 0 radical (unpaired) electrons. The molecule has 0 spiro atoms. The van der Waals surface area contributed by atoms with Crippen LogP contribution in [0.15, 0.2) is 18.2 Å². The van der Waals surface area contributed by atoms with Gasteiger partial charge in [0.1, 0.15) is 5.75 Å². The number of imidazole rings is 1. The summed E-state index contributed by atoms with van der Waals surface area (Å²) < 4.78 is 19.3. The first-order valence-electron chi connectivity index (χ1n) is 5.77. The van der Waals surface area contributed by atoms with E-state index in [-0.39, 0.29) is 0 Å². The van der Waals surface area contributed by atoms with Crippen molar-refractivity contribution >= 4 is 34.1 Å². The highest BCUT2D eigenvalue weighted by molar-refractivity contribution is 7.84. The van der Waals surface area contributed by atoms with E-state index >= 15 is 0 Å². The predicted molar refractivity (Wildman–Crippen MR) is 77.2 cm³/mol. The molecule has 0 saturated heterocycles. The molecule has 2 aromatic rings. The standard InChI is InChI=1S/C12H16N2O2S2/c1-3-18(15)7-6-14-11-5-4-9(16-2)8-10(11)13-12(14)17/h4-5,8H,3,6-7H2,1-2H3,(H,13,17). The molecule has 1 aromatic carbocycles. The summed E-state index contributed by atoms with van der Waals surface area (Å²) in [6.07, 6.45) is 0. The van der Waals surface area contributed by atoms with E-state index in [0.29, 0.717) is 22.8 Å². The maximum Gasteiger partial charge on any atom is 0.178 e. The zero-order valence-corrected chi connectivity index (χ0v) is 12.1. The number of methoxy groups -OCH3 is 1. The molecule has 98 valence electrons. The highest BCUT2D eigenvalue weighted by Crippen LogP contribution is 2.20. The van der Waals surface area contributed by atoms with Gasteiger partial charge in [-0.3, -0.25) is 4.21 Å². The summed E-state index contributed by atoms with van der Waals surface area (Å²) in [5, 5.41) is 0. The molecule has 2 rings (SSSR count). The van der Waals surface area contributed by atoms with Gasteiger partial charge in [-0.05, 0) is 24.4 Å². The van der Waals surface area contributed by atoms with Crippen LogP contribution in [0.5, 0.6) is 5.75 Å². The number of hydrogen-bond acceptors (Lipinski definition) is 3. The van der Waals surface area contributed by atoms with Gasteiger partial charge < -0.3 is 14.3 Å². The fraction of sp³-hybridized carbons (Fsp3) is 0.417. The summed E-state index contributed by atoms with van der Waals surface area (Å²) in [5.74, 6) is 2.11. The first-order valence-corrected chi connectivity index (χ1v) is 7.67. The van der Waals surface area contributed by atoms with Gasteiger partial charge in [0, 0.05) is 34.9 Å². The van der Waals surface area contributed by atoms with Crippen molar-refractivity contribution in [3.8, 4) is 5.75 Å². The van der Waals surface area contributed by atoms with Crippen molar-refractivity contribution in [3.63, 3.8) is 0 Å². The molecule has 0 amide bonds. The predicted octanol–water partition coefficient (Wildman–Crippen LogP) is 2.48. The summed E-state index contributed by atoms with van der Waals surface area (Å²) in [6.45, 7) is 2.60. The number of nitrogens with one attached hydrogen (secondary N) is 1. The highest BCUT2D eigenvalue weighted by atomic mass is 32.2. The van der Waals surface area contributed by atoms with Crippen molar-refractivity contribution in [2.24, 2.45) is 0 Å². The molecule has 0 saturated carbocycles. The maximum atomic E-state index is 11.5. The molecule has 6 heteroatoms. The number of hydrogen-bond donors (Lipinski definition) is 1.